The summed E-state index contributed by atoms with van der Waals surface area (Å²) in [7, 11) is 0. The fourth-order valence-electron chi connectivity index (χ4n) is 2.71. The number of nitrogens with one attached hydrogen (secondary N) is 1. The van der Waals surface area contributed by atoms with Crippen LogP contribution in [-0.4, -0.2) is 27.0 Å². The first-order valence-electron chi connectivity index (χ1n) is 8.44. The number of hydrogen-bond donors (Lipinski definition) is 1. The van der Waals surface area contributed by atoms with Crippen molar-refractivity contribution in [3.8, 4) is 5.75 Å². The van der Waals surface area contributed by atoms with Crippen molar-refractivity contribution in [3.05, 3.63) is 69.7 Å². The molecule has 2 aromatic rings. The summed E-state index contributed by atoms with van der Waals surface area (Å²) < 4.78 is 6.62. The molecule has 28 heavy (non-hydrogen) atoms. The Balaban J connectivity index is 1.54. The third-order valence-corrected chi connectivity index (χ3v) is 5.50. The molecule has 0 spiro atoms. The van der Waals surface area contributed by atoms with E-state index >= 15 is 0 Å². The Bertz CT molecular complexity index is 1060. The average molecular weight is 455 g/mol. The van der Waals surface area contributed by atoms with E-state index in [2.05, 4.69) is 26.0 Å². The number of halogens is 1. The van der Waals surface area contributed by atoms with E-state index < -0.39 is 5.91 Å². The van der Waals surface area contributed by atoms with Gasteiger partial charge in [0.05, 0.1) is 15.1 Å². The Morgan fingerprint density at radius 2 is 2.04 bits per heavy atom. The molecule has 1 amide bonds. The lowest BCUT2D eigenvalue weighted by atomic mass is 10.1. The number of ether oxygens (including phenoxy) is 1. The zero-order valence-corrected chi connectivity index (χ0v) is 17.3. The first kappa shape index (κ1) is 18.6. The number of carbonyl (C=O) groups is 1. The Morgan fingerprint density at radius 1 is 1.25 bits per heavy atom. The lowest BCUT2D eigenvalue weighted by Gasteiger charge is -2.20. The standard InChI is InChI=1S/C20H15BrN4O2S/c1-12-24-25-18(22)15(19(26)23-20(25)28-12)9-14-7-8-17(16(21)10-14)27-11-13-5-3-2-4-6-13/h2-10,22H,11H2,1H3/b15-9-,22-18?. The lowest BCUT2D eigenvalue weighted by Crippen LogP contribution is -2.35. The minimum Gasteiger partial charge on any atom is -0.488 e. The van der Waals surface area contributed by atoms with Crippen molar-refractivity contribution < 1.29 is 9.53 Å². The van der Waals surface area contributed by atoms with Crippen LogP contribution in [-0.2, 0) is 11.4 Å². The minimum absolute atomic E-state index is 0.0277. The number of aliphatic imine (C=N–C) groups is 1. The average Bonchev–Trinajstić information content (AvgIpc) is 3.05. The highest BCUT2D eigenvalue weighted by Crippen LogP contribution is 2.30. The maximum Gasteiger partial charge on any atom is 0.283 e. The summed E-state index contributed by atoms with van der Waals surface area (Å²) in [6, 6.07) is 15.4. The van der Waals surface area contributed by atoms with Gasteiger partial charge in [-0.1, -0.05) is 36.4 Å². The van der Waals surface area contributed by atoms with Gasteiger partial charge in [-0.15, -0.1) is 0 Å². The van der Waals surface area contributed by atoms with Gasteiger partial charge in [-0.2, -0.15) is 15.1 Å². The molecule has 0 bridgehead atoms. The van der Waals surface area contributed by atoms with E-state index in [1.54, 1.807) is 6.08 Å². The number of benzene rings is 2. The van der Waals surface area contributed by atoms with Gasteiger partial charge in [0.15, 0.2) is 5.84 Å². The summed E-state index contributed by atoms with van der Waals surface area (Å²) in [6.45, 7) is 2.28. The number of hydrogen-bond acceptors (Lipinski definition) is 5. The molecule has 0 atom stereocenters. The van der Waals surface area contributed by atoms with Crippen LogP contribution in [0.3, 0.4) is 0 Å². The molecule has 4 rings (SSSR count). The molecule has 2 heterocycles. The summed E-state index contributed by atoms with van der Waals surface area (Å²) in [6.07, 6.45) is 1.64. The van der Waals surface area contributed by atoms with Gasteiger partial charge in [-0.25, -0.2) is 0 Å². The van der Waals surface area contributed by atoms with Crippen LogP contribution in [0.4, 0.5) is 0 Å². The zero-order chi connectivity index (χ0) is 19.7. The third-order valence-electron chi connectivity index (χ3n) is 4.06. The lowest BCUT2D eigenvalue weighted by molar-refractivity contribution is -0.114. The van der Waals surface area contributed by atoms with Crippen LogP contribution >= 0.6 is 27.7 Å². The molecule has 140 valence electrons. The SMILES string of the molecule is CC1=NN2C(=N)/C(=C/c3ccc(OCc4ccccc4)c(Br)c3)C(=O)N=C2S1. The van der Waals surface area contributed by atoms with Crippen LogP contribution in [0.5, 0.6) is 5.75 Å². The van der Waals surface area contributed by atoms with Crippen molar-refractivity contribution >= 4 is 55.7 Å². The largest absolute Gasteiger partial charge is 0.488 e. The molecule has 0 radical (unpaired) electrons. The van der Waals surface area contributed by atoms with Gasteiger partial charge in [0.2, 0.25) is 5.17 Å². The zero-order valence-electron chi connectivity index (χ0n) is 14.8. The van der Waals surface area contributed by atoms with Crippen molar-refractivity contribution in [1.29, 1.82) is 5.41 Å². The van der Waals surface area contributed by atoms with Crippen LogP contribution in [0, 0.1) is 5.41 Å². The van der Waals surface area contributed by atoms with Crippen molar-refractivity contribution in [2.75, 3.05) is 0 Å². The molecule has 0 fully saturated rings. The number of amidine groups is 2. The topological polar surface area (TPSA) is 78.1 Å². The van der Waals surface area contributed by atoms with E-state index in [1.165, 1.54) is 16.8 Å². The van der Waals surface area contributed by atoms with Gasteiger partial charge in [0.1, 0.15) is 12.4 Å². The molecular formula is C20H15BrN4O2S. The highest BCUT2D eigenvalue weighted by Gasteiger charge is 2.34. The van der Waals surface area contributed by atoms with Crippen molar-refractivity contribution in [2.45, 2.75) is 13.5 Å². The second-order valence-electron chi connectivity index (χ2n) is 6.10. The molecule has 2 aliphatic rings. The van der Waals surface area contributed by atoms with Crippen LogP contribution in [0.2, 0.25) is 0 Å². The molecule has 8 heteroatoms. The maximum absolute atomic E-state index is 12.3. The Morgan fingerprint density at radius 3 is 2.79 bits per heavy atom. The van der Waals surface area contributed by atoms with Gasteiger partial charge in [-0.05, 0) is 64.0 Å². The third kappa shape index (κ3) is 3.79. The van der Waals surface area contributed by atoms with Crippen molar-refractivity contribution in [3.63, 3.8) is 0 Å². The van der Waals surface area contributed by atoms with Gasteiger partial charge in [0, 0.05) is 0 Å². The van der Waals surface area contributed by atoms with Crippen molar-refractivity contribution in [2.24, 2.45) is 10.1 Å². The fraction of sp³-hybridized carbons (Fsp3) is 0.100. The fourth-order valence-corrected chi connectivity index (χ4v) is 3.96. The van der Waals surface area contributed by atoms with E-state index in [0.29, 0.717) is 17.5 Å². The molecule has 0 aromatic heterocycles. The number of thioether (sulfide) groups is 1. The minimum atomic E-state index is -0.436. The number of hydrazone groups is 1. The second kappa shape index (κ2) is 7.73. The van der Waals surface area contributed by atoms with Crippen LogP contribution in [0.15, 0.2) is 68.7 Å². The summed E-state index contributed by atoms with van der Waals surface area (Å²) in [5.74, 6) is 0.293. The van der Waals surface area contributed by atoms with Crippen LogP contribution < -0.4 is 4.74 Å². The van der Waals surface area contributed by atoms with Gasteiger partial charge in [-0.3, -0.25) is 10.2 Å². The summed E-state index contributed by atoms with van der Waals surface area (Å²) in [5, 5.41) is 15.1. The van der Waals surface area contributed by atoms with E-state index in [9.17, 15) is 4.79 Å². The molecule has 6 nitrogen and oxygen atoms in total. The Labute approximate surface area is 174 Å². The predicted octanol–water partition coefficient (Wildman–Crippen LogP) is 4.67. The molecule has 2 aliphatic heterocycles. The van der Waals surface area contributed by atoms with Crippen LogP contribution in [0.1, 0.15) is 18.1 Å². The first-order chi connectivity index (χ1) is 13.5. The second-order valence-corrected chi connectivity index (χ2v) is 8.12. The van der Waals surface area contributed by atoms with Gasteiger partial charge < -0.3 is 4.74 Å². The van der Waals surface area contributed by atoms with Crippen molar-refractivity contribution in [1.82, 2.24) is 5.01 Å². The first-order valence-corrected chi connectivity index (χ1v) is 10.1. The van der Waals surface area contributed by atoms with Gasteiger partial charge in [0.25, 0.3) is 5.91 Å². The highest BCUT2D eigenvalue weighted by molar-refractivity contribution is 9.10. The number of amides is 1. The molecular weight excluding hydrogens is 440 g/mol. The van der Waals surface area contributed by atoms with E-state index in [1.807, 2.05) is 55.5 Å². The predicted molar refractivity (Wildman–Crippen MR) is 116 cm³/mol. The number of fused-ring (bicyclic) bond motifs is 1. The monoisotopic (exact) mass is 454 g/mol. The molecule has 0 saturated carbocycles. The molecule has 2 aromatic carbocycles. The van der Waals surface area contributed by atoms with E-state index in [4.69, 9.17) is 10.1 Å². The van der Waals surface area contributed by atoms with E-state index in [0.717, 1.165) is 20.6 Å². The normalized spacial score (nSPS) is 17.5. The molecule has 1 N–H and O–H groups in total. The number of carbonyl (C=O) groups excluding carboxylic acids is 1. The molecule has 0 aliphatic carbocycles. The Hall–Kier alpha value is -2.71. The molecule has 0 unspecified atom stereocenters. The van der Waals surface area contributed by atoms with Gasteiger partial charge >= 0.3 is 0 Å². The Kier molecular flexibility index (Phi) is 5.15. The smallest absolute Gasteiger partial charge is 0.283 e. The van der Waals surface area contributed by atoms with E-state index in [-0.39, 0.29) is 11.4 Å². The summed E-state index contributed by atoms with van der Waals surface area (Å²) in [5.41, 5.74) is 2.04. The quantitative estimate of drug-likeness (QED) is 0.680. The number of nitrogens with zero attached hydrogens (tertiary/aromatic N) is 3. The highest BCUT2D eigenvalue weighted by atomic mass is 79.9. The van der Waals surface area contributed by atoms with Crippen LogP contribution in [0.25, 0.3) is 6.08 Å². The molecule has 0 saturated heterocycles. The summed E-state index contributed by atoms with van der Waals surface area (Å²) >= 11 is 4.80. The summed E-state index contributed by atoms with van der Waals surface area (Å²) in [4.78, 5) is 16.4. The number of rotatable bonds is 4. The maximum atomic E-state index is 12.3.